The van der Waals surface area contributed by atoms with E-state index in [1.165, 1.54) is 6.07 Å². The van der Waals surface area contributed by atoms with Crippen molar-refractivity contribution in [2.24, 2.45) is 7.05 Å². The summed E-state index contributed by atoms with van der Waals surface area (Å²) in [4.78, 5) is 23.2. The quantitative estimate of drug-likeness (QED) is 0.772. The highest BCUT2D eigenvalue weighted by Crippen LogP contribution is 2.14. The molecule has 0 amide bonds. The normalized spacial score (nSPS) is 10.7. The first-order chi connectivity index (χ1) is 9.70. The summed E-state index contributed by atoms with van der Waals surface area (Å²) in [5, 5.41) is 4.09. The van der Waals surface area contributed by atoms with Crippen molar-refractivity contribution < 1.29 is 0 Å². The molecule has 0 saturated heterocycles. The van der Waals surface area contributed by atoms with Gasteiger partial charge in [-0.05, 0) is 12.1 Å². The number of aromatic amines is 1. The Hall–Kier alpha value is -2.76. The van der Waals surface area contributed by atoms with E-state index >= 15 is 0 Å². The summed E-state index contributed by atoms with van der Waals surface area (Å²) < 4.78 is 1.68. The molecule has 3 rings (SSSR count). The zero-order valence-corrected chi connectivity index (χ0v) is 10.9. The highest BCUT2D eigenvalue weighted by molar-refractivity contribution is 5.56. The van der Waals surface area contributed by atoms with Crippen LogP contribution in [0.25, 0.3) is 11.3 Å². The van der Waals surface area contributed by atoms with E-state index in [0.29, 0.717) is 17.9 Å². The van der Waals surface area contributed by atoms with E-state index < -0.39 is 0 Å². The summed E-state index contributed by atoms with van der Waals surface area (Å²) in [6.45, 7) is 0. The van der Waals surface area contributed by atoms with Crippen LogP contribution in [0.15, 0.2) is 47.7 Å². The lowest BCUT2D eigenvalue weighted by Gasteiger charge is -2.02. The molecule has 3 heterocycles. The van der Waals surface area contributed by atoms with Crippen LogP contribution in [0.3, 0.4) is 0 Å². The predicted octanol–water partition coefficient (Wildman–Crippen LogP) is 1.16. The Morgan fingerprint density at radius 1 is 1.35 bits per heavy atom. The number of aromatic nitrogens is 5. The van der Waals surface area contributed by atoms with Gasteiger partial charge in [-0.1, -0.05) is 6.07 Å². The second-order valence-electron chi connectivity index (χ2n) is 4.48. The van der Waals surface area contributed by atoms with Crippen molar-refractivity contribution >= 4 is 0 Å². The molecule has 0 fully saturated rings. The van der Waals surface area contributed by atoms with Gasteiger partial charge in [0, 0.05) is 43.2 Å². The van der Waals surface area contributed by atoms with Gasteiger partial charge in [-0.25, -0.2) is 4.98 Å². The van der Waals surface area contributed by atoms with Gasteiger partial charge in [-0.3, -0.25) is 14.5 Å². The van der Waals surface area contributed by atoms with Crippen LogP contribution in [0.2, 0.25) is 0 Å². The number of aryl methyl sites for hydroxylation is 1. The summed E-state index contributed by atoms with van der Waals surface area (Å²) in [5.74, 6) is 0.593. The van der Waals surface area contributed by atoms with Crippen LogP contribution in [-0.4, -0.2) is 24.7 Å². The second-order valence-corrected chi connectivity index (χ2v) is 4.48. The summed E-state index contributed by atoms with van der Waals surface area (Å²) in [5.41, 5.74) is 2.12. The molecule has 0 saturated carbocycles. The van der Waals surface area contributed by atoms with Crippen molar-refractivity contribution in [2.75, 3.05) is 0 Å². The second kappa shape index (κ2) is 5.08. The molecule has 20 heavy (non-hydrogen) atoms. The van der Waals surface area contributed by atoms with Crippen LogP contribution in [-0.2, 0) is 13.5 Å². The molecule has 0 aromatic carbocycles. The Labute approximate surface area is 115 Å². The van der Waals surface area contributed by atoms with Crippen LogP contribution in [0, 0.1) is 0 Å². The molecule has 0 aliphatic carbocycles. The first-order valence-corrected chi connectivity index (χ1v) is 6.20. The zero-order chi connectivity index (χ0) is 13.9. The van der Waals surface area contributed by atoms with Crippen LogP contribution < -0.4 is 5.56 Å². The standard InChI is InChI=1S/C14H13N5O/c1-19-9-10(8-16-19)12-7-14(20)18-13(17-12)6-11-4-2-3-5-15-11/h2-5,7-9H,6H2,1H3,(H,17,18,20). The molecule has 0 unspecified atom stereocenters. The number of pyridine rings is 1. The van der Waals surface area contributed by atoms with Crippen molar-refractivity contribution in [3.05, 3.63) is 64.7 Å². The topological polar surface area (TPSA) is 76.5 Å². The minimum Gasteiger partial charge on any atom is -0.310 e. The molecule has 0 aliphatic rings. The minimum absolute atomic E-state index is 0.176. The van der Waals surface area contributed by atoms with Gasteiger partial charge >= 0.3 is 0 Å². The Morgan fingerprint density at radius 3 is 2.95 bits per heavy atom. The summed E-state index contributed by atoms with van der Waals surface area (Å²) in [7, 11) is 1.82. The van der Waals surface area contributed by atoms with Gasteiger partial charge < -0.3 is 4.98 Å². The predicted molar refractivity (Wildman–Crippen MR) is 74.1 cm³/mol. The largest absolute Gasteiger partial charge is 0.310 e. The number of hydrogen-bond donors (Lipinski definition) is 1. The van der Waals surface area contributed by atoms with Crippen LogP contribution in [0.5, 0.6) is 0 Å². The van der Waals surface area contributed by atoms with Crippen molar-refractivity contribution in [2.45, 2.75) is 6.42 Å². The Morgan fingerprint density at radius 2 is 2.25 bits per heavy atom. The highest BCUT2D eigenvalue weighted by atomic mass is 16.1. The third-order valence-electron chi connectivity index (χ3n) is 2.87. The first kappa shape index (κ1) is 12.3. The molecule has 0 aliphatic heterocycles. The zero-order valence-electron chi connectivity index (χ0n) is 10.9. The molecular weight excluding hydrogens is 254 g/mol. The van der Waals surface area contributed by atoms with E-state index in [2.05, 4.69) is 20.1 Å². The van der Waals surface area contributed by atoms with Gasteiger partial charge in [0.2, 0.25) is 0 Å². The number of hydrogen-bond acceptors (Lipinski definition) is 4. The number of rotatable bonds is 3. The third-order valence-corrected chi connectivity index (χ3v) is 2.87. The average Bonchev–Trinajstić information content (AvgIpc) is 2.86. The van der Waals surface area contributed by atoms with Crippen LogP contribution in [0.1, 0.15) is 11.5 Å². The molecule has 100 valence electrons. The van der Waals surface area contributed by atoms with Crippen LogP contribution >= 0.6 is 0 Å². The molecule has 6 heteroatoms. The lowest BCUT2D eigenvalue weighted by atomic mass is 10.2. The van der Waals surface area contributed by atoms with E-state index in [1.807, 2.05) is 31.4 Å². The van der Waals surface area contributed by atoms with Crippen molar-refractivity contribution in [1.82, 2.24) is 24.7 Å². The summed E-state index contributed by atoms with van der Waals surface area (Å²) >= 11 is 0. The van der Waals surface area contributed by atoms with E-state index in [1.54, 1.807) is 17.1 Å². The minimum atomic E-state index is -0.176. The fourth-order valence-corrected chi connectivity index (χ4v) is 1.97. The van der Waals surface area contributed by atoms with Crippen molar-refractivity contribution in [1.29, 1.82) is 0 Å². The Bertz CT molecular complexity index is 776. The maximum atomic E-state index is 11.7. The van der Waals surface area contributed by atoms with Crippen LogP contribution in [0.4, 0.5) is 0 Å². The number of nitrogens with zero attached hydrogens (tertiary/aromatic N) is 4. The van der Waals surface area contributed by atoms with Gasteiger partial charge in [0.15, 0.2) is 0 Å². The Kier molecular flexibility index (Phi) is 3.12. The van der Waals surface area contributed by atoms with E-state index in [4.69, 9.17) is 0 Å². The lowest BCUT2D eigenvalue weighted by Crippen LogP contribution is -2.11. The first-order valence-electron chi connectivity index (χ1n) is 6.20. The maximum Gasteiger partial charge on any atom is 0.251 e. The molecule has 0 atom stereocenters. The SMILES string of the molecule is Cn1cc(-c2cc(=O)[nH]c(Cc3ccccn3)n2)cn1. The third kappa shape index (κ3) is 2.64. The van der Waals surface area contributed by atoms with Crippen molar-refractivity contribution in [3.63, 3.8) is 0 Å². The molecule has 6 nitrogen and oxygen atoms in total. The molecular formula is C14H13N5O. The van der Waals surface area contributed by atoms with Gasteiger partial charge in [-0.2, -0.15) is 5.10 Å². The molecule has 0 bridgehead atoms. The van der Waals surface area contributed by atoms with Gasteiger partial charge in [0.25, 0.3) is 5.56 Å². The van der Waals surface area contributed by atoms with Gasteiger partial charge in [0.05, 0.1) is 11.9 Å². The Balaban J connectivity index is 1.97. The fourth-order valence-electron chi connectivity index (χ4n) is 1.97. The van der Waals surface area contributed by atoms with E-state index in [-0.39, 0.29) is 5.56 Å². The maximum absolute atomic E-state index is 11.7. The van der Waals surface area contributed by atoms with E-state index in [9.17, 15) is 4.79 Å². The molecule has 1 N–H and O–H groups in total. The summed E-state index contributed by atoms with van der Waals surface area (Å²) in [6, 6.07) is 7.13. The van der Waals surface area contributed by atoms with Crippen molar-refractivity contribution in [3.8, 4) is 11.3 Å². The number of H-pyrrole nitrogens is 1. The summed E-state index contributed by atoms with van der Waals surface area (Å²) in [6.07, 6.45) is 5.72. The average molecular weight is 267 g/mol. The highest BCUT2D eigenvalue weighted by Gasteiger charge is 2.07. The smallest absolute Gasteiger partial charge is 0.251 e. The molecule has 0 radical (unpaired) electrons. The monoisotopic (exact) mass is 267 g/mol. The van der Waals surface area contributed by atoms with Gasteiger partial charge in [-0.15, -0.1) is 0 Å². The lowest BCUT2D eigenvalue weighted by molar-refractivity contribution is 0.768. The fraction of sp³-hybridized carbons (Fsp3) is 0.143. The molecule has 3 aromatic heterocycles. The van der Waals surface area contributed by atoms with Gasteiger partial charge in [0.1, 0.15) is 5.82 Å². The number of nitrogens with one attached hydrogen (secondary N) is 1. The van der Waals surface area contributed by atoms with E-state index in [0.717, 1.165) is 11.3 Å². The molecule has 3 aromatic rings. The molecule has 0 spiro atoms.